The van der Waals surface area contributed by atoms with Gasteiger partial charge < -0.3 is 15.1 Å². The number of hydrogen-bond donors (Lipinski definition) is 1. The van der Waals surface area contributed by atoms with E-state index in [0.717, 1.165) is 61.3 Å². The van der Waals surface area contributed by atoms with E-state index in [-0.39, 0.29) is 11.9 Å². The first kappa shape index (κ1) is 22.2. The molecule has 1 N–H and O–H groups in total. The third kappa shape index (κ3) is 4.73. The second kappa shape index (κ2) is 9.74. The first-order valence-corrected chi connectivity index (χ1v) is 12.4. The van der Waals surface area contributed by atoms with Gasteiger partial charge in [0.05, 0.1) is 10.0 Å². The lowest BCUT2D eigenvalue weighted by molar-refractivity contribution is 0.0923. The van der Waals surface area contributed by atoms with Gasteiger partial charge in [-0.1, -0.05) is 66.7 Å². The highest BCUT2D eigenvalue weighted by Crippen LogP contribution is 2.30. The molecule has 0 unspecified atom stereocenters. The predicted molar refractivity (Wildman–Crippen MR) is 135 cm³/mol. The summed E-state index contributed by atoms with van der Waals surface area (Å²) < 4.78 is 0. The molecule has 1 amide bonds. The molecule has 1 aromatic heterocycles. The number of amides is 1. The molecule has 2 aliphatic rings. The third-order valence-electron chi connectivity index (χ3n) is 6.67. The van der Waals surface area contributed by atoms with Crippen LogP contribution in [0, 0.1) is 0 Å². The summed E-state index contributed by atoms with van der Waals surface area (Å²) in [5.74, 6) is 0.704. The third-order valence-corrected chi connectivity index (χ3v) is 7.41. The molecule has 0 bridgehead atoms. The number of aromatic nitrogens is 2. The molecular weight excluding hydrogens is 457 g/mol. The molecule has 2 fully saturated rings. The summed E-state index contributed by atoms with van der Waals surface area (Å²) in [6.45, 7) is 3.26. The van der Waals surface area contributed by atoms with Gasteiger partial charge in [-0.25, -0.2) is 0 Å². The van der Waals surface area contributed by atoms with Gasteiger partial charge in [0.1, 0.15) is 0 Å². The van der Waals surface area contributed by atoms with Crippen molar-refractivity contribution in [2.45, 2.75) is 38.1 Å². The second-order valence-electron chi connectivity index (χ2n) is 8.80. The Bertz CT molecular complexity index is 1160. The lowest BCUT2D eigenvalue weighted by Crippen LogP contribution is -2.47. The monoisotopic (exact) mass is 483 g/mol. The van der Waals surface area contributed by atoms with Gasteiger partial charge in [0.2, 0.25) is 0 Å². The van der Waals surface area contributed by atoms with E-state index in [4.69, 9.17) is 23.2 Å². The molecule has 1 aliphatic carbocycles. The smallest absolute Gasteiger partial charge is 0.272 e. The van der Waals surface area contributed by atoms with Gasteiger partial charge >= 0.3 is 0 Å². The Morgan fingerprint density at radius 1 is 0.848 bits per heavy atom. The van der Waals surface area contributed by atoms with Gasteiger partial charge in [-0.15, -0.1) is 10.2 Å². The number of nitrogens with one attached hydrogen (secondary N) is 1. The topological polar surface area (TPSA) is 61.4 Å². The molecule has 33 heavy (non-hydrogen) atoms. The highest BCUT2D eigenvalue weighted by molar-refractivity contribution is 6.42. The number of anilines is 2. The lowest BCUT2D eigenvalue weighted by Gasteiger charge is -2.37. The largest absolute Gasteiger partial charge is 0.368 e. The molecular formula is C25H27Cl2N5O. The first-order valence-electron chi connectivity index (χ1n) is 11.6. The highest BCUT2D eigenvalue weighted by atomic mass is 35.5. The van der Waals surface area contributed by atoms with Crippen LogP contribution in [-0.4, -0.2) is 48.3 Å². The van der Waals surface area contributed by atoms with E-state index in [9.17, 15) is 4.79 Å². The summed E-state index contributed by atoms with van der Waals surface area (Å²) in [5, 5.41) is 15.0. The number of carbonyl (C=O) groups is 1. The van der Waals surface area contributed by atoms with Gasteiger partial charge in [-0.05, 0) is 31.0 Å². The molecule has 1 saturated carbocycles. The average Bonchev–Trinajstić information content (AvgIpc) is 2.86. The summed E-state index contributed by atoms with van der Waals surface area (Å²) in [4.78, 5) is 17.5. The standard InChI is InChI=1S/C25H27Cl2N5O/c26-21-11-10-18(16-22(21)27)31-12-14-32(15-13-31)24-20-9-5-4-8-19(20)23(29-30-24)25(33)28-17-6-2-1-3-7-17/h4-5,8-11,16-17H,1-3,6-7,12-15H2,(H,28,33). The molecule has 172 valence electrons. The molecule has 6 nitrogen and oxygen atoms in total. The lowest BCUT2D eigenvalue weighted by atomic mass is 9.95. The SMILES string of the molecule is O=C(NC1CCCCC1)c1nnc(N2CCN(c3ccc(Cl)c(Cl)c3)CC2)c2ccccc12. The minimum Gasteiger partial charge on any atom is -0.368 e. The Hall–Kier alpha value is -2.57. The maximum atomic E-state index is 13.0. The van der Waals surface area contributed by atoms with Crippen LogP contribution in [0.4, 0.5) is 11.5 Å². The maximum absolute atomic E-state index is 13.0. The first-order chi connectivity index (χ1) is 16.1. The summed E-state index contributed by atoms with van der Waals surface area (Å²) >= 11 is 12.3. The van der Waals surface area contributed by atoms with Crippen molar-refractivity contribution in [2.75, 3.05) is 36.0 Å². The van der Waals surface area contributed by atoms with Crippen molar-refractivity contribution in [3.8, 4) is 0 Å². The van der Waals surface area contributed by atoms with E-state index >= 15 is 0 Å². The zero-order chi connectivity index (χ0) is 22.8. The summed E-state index contributed by atoms with van der Waals surface area (Å²) in [5.41, 5.74) is 1.48. The normalized spacial score (nSPS) is 17.4. The second-order valence-corrected chi connectivity index (χ2v) is 9.61. The van der Waals surface area contributed by atoms with E-state index in [1.807, 2.05) is 42.5 Å². The van der Waals surface area contributed by atoms with E-state index in [0.29, 0.717) is 15.7 Å². The van der Waals surface area contributed by atoms with Crippen LogP contribution in [0.1, 0.15) is 42.6 Å². The predicted octanol–water partition coefficient (Wildman–Crippen LogP) is 5.33. The molecule has 0 radical (unpaired) electrons. The number of hydrogen-bond acceptors (Lipinski definition) is 5. The van der Waals surface area contributed by atoms with Gasteiger partial charge in [0.25, 0.3) is 5.91 Å². The van der Waals surface area contributed by atoms with Crippen LogP contribution in [-0.2, 0) is 0 Å². The van der Waals surface area contributed by atoms with Gasteiger partial charge in [0, 0.05) is 48.7 Å². The summed E-state index contributed by atoms with van der Waals surface area (Å²) in [7, 11) is 0. The fourth-order valence-corrected chi connectivity index (χ4v) is 5.14. The number of nitrogens with zero attached hydrogens (tertiary/aromatic N) is 4. The fraction of sp³-hybridized carbons (Fsp3) is 0.400. The van der Waals surface area contributed by atoms with E-state index in [1.165, 1.54) is 19.3 Å². The Morgan fingerprint density at radius 2 is 1.55 bits per heavy atom. The van der Waals surface area contributed by atoms with Crippen LogP contribution in [0.3, 0.4) is 0 Å². The van der Waals surface area contributed by atoms with Crippen LogP contribution in [0.15, 0.2) is 42.5 Å². The molecule has 1 saturated heterocycles. The van der Waals surface area contributed by atoms with Crippen LogP contribution >= 0.6 is 23.2 Å². The van der Waals surface area contributed by atoms with Crippen molar-refractivity contribution in [3.63, 3.8) is 0 Å². The summed E-state index contributed by atoms with van der Waals surface area (Å²) in [6.07, 6.45) is 5.67. The van der Waals surface area contributed by atoms with Crippen molar-refractivity contribution in [2.24, 2.45) is 0 Å². The molecule has 8 heteroatoms. The van der Waals surface area contributed by atoms with Crippen LogP contribution in [0.5, 0.6) is 0 Å². The number of carbonyl (C=O) groups excluding carboxylic acids is 1. The quantitative estimate of drug-likeness (QED) is 0.543. The van der Waals surface area contributed by atoms with Crippen LogP contribution in [0.25, 0.3) is 10.8 Å². The Morgan fingerprint density at radius 3 is 2.27 bits per heavy atom. The van der Waals surface area contributed by atoms with Gasteiger partial charge in [-0.3, -0.25) is 4.79 Å². The van der Waals surface area contributed by atoms with Crippen LogP contribution < -0.4 is 15.1 Å². The van der Waals surface area contributed by atoms with Crippen molar-refractivity contribution in [3.05, 3.63) is 58.2 Å². The molecule has 5 rings (SSSR count). The minimum absolute atomic E-state index is 0.124. The Labute approximate surface area is 203 Å². The Kier molecular flexibility index (Phi) is 6.56. The van der Waals surface area contributed by atoms with E-state index in [2.05, 4.69) is 25.3 Å². The van der Waals surface area contributed by atoms with Gasteiger partial charge in [-0.2, -0.15) is 0 Å². The zero-order valence-electron chi connectivity index (χ0n) is 18.4. The van der Waals surface area contributed by atoms with Gasteiger partial charge in [0.15, 0.2) is 11.5 Å². The maximum Gasteiger partial charge on any atom is 0.272 e. The number of benzene rings is 2. The Balaban J connectivity index is 1.34. The molecule has 2 aromatic carbocycles. The summed E-state index contributed by atoms with van der Waals surface area (Å²) in [6, 6.07) is 13.9. The average molecular weight is 484 g/mol. The van der Waals surface area contributed by atoms with E-state index in [1.54, 1.807) is 0 Å². The zero-order valence-corrected chi connectivity index (χ0v) is 19.9. The number of fused-ring (bicyclic) bond motifs is 1. The molecule has 3 aromatic rings. The minimum atomic E-state index is -0.124. The molecule has 0 spiro atoms. The molecule has 2 heterocycles. The van der Waals surface area contributed by atoms with Crippen molar-refractivity contribution in [1.29, 1.82) is 0 Å². The van der Waals surface area contributed by atoms with E-state index < -0.39 is 0 Å². The number of piperazine rings is 1. The van der Waals surface area contributed by atoms with Crippen molar-refractivity contribution in [1.82, 2.24) is 15.5 Å². The van der Waals surface area contributed by atoms with Crippen molar-refractivity contribution >= 4 is 51.4 Å². The highest BCUT2D eigenvalue weighted by Gasteiger charge is 2.24. The molecule has 1 aliphatic heterocycles. The number of rotatable bonds is 4. The van der Waals surface area contributed by atoms with Crippen LogP contribution in [0.2, 0.25) is 10.0 Å². The van der Waals surface area contributed by atoms with Crippen molar-refractivity contribution < 1.29 is 4.79 Å². The number of halogens is 2. The molecule has 0 atom stereocenters. The fourth-order valence-electron chi connectivity index (χ4n) is 4.85.